The number of hydrogen-bond donors (Lipinski definition) is 0. The minimum atomic E-state index is -1.25. The van der Waals surface area contributed by atoms with Crippen molar-refractivity contribution in [2.24, 2.45) is 0 Å². The monoisotopic (exact) mass is 410 g/mol. The first kappa shape index (κ1) is 18.0. The van der Waals surface area contributed by atoms with Crippen molar-refractivity contribution >= 4 is 38.1 Å². The Morgan fingerprint density at radius 1 is 0.800 bits per heavy atom. The van der Waals surface area contributed by atoms with Crippen LogP contribution in [0, 0.1) is 13.8 Å². The molecule has 3 heteroatoms. The summed E-state index contributed by atoms with van der Waals surface area (Å²) in [7, 11) is 0. The third-order valence-electron chi connectivity index (χ3n) is 3.94. The van der Waals surface area contributed by atoms with Crippen molar-refractivity contribution in [1.29, 1.82) is 0 Å². The predicted octanol–water partition coefficient (Wildman–Crippen LogP) is 6.37. The Labute approximate surface area is 160 Å². The van der Waals surface area contributed by atoms with Crippen LogP contribution < -0.4 is 0 Å². The molecule has 1 nitrogen and oxygen atoms in total. The van der Waals surface area contributed by atoms with E-state index in [2.05, 4.69) is 47.1 Å². The van der Waals surface area contributed by atoms with Crippen molar-refractivity contribution in [1.82, 2.24) is 0 Å². The van der Waals surface area contributed by atoms with Gasteiger partial charge in [-0.25, -0.2) is 0 Å². The Balaban J connectivity index is 2.06. The molecule has 0 bridgehead atoms. The van der Waals surface area contributed by atoms with Gasteiger partial charge in [0.25, 0.3) is 0 Å². The highest BCUT2D eigenvalue weighted by Gasteiger charge is 2.20. The van der Waals surface area contributed by atoms with Gasteiger partial charge in [-0.05, 0) is 55.8 Å². The Hall–Kier alpha value is -1.81. The molecule has 3 aromatic rings. The van der Waals surface area contributed by atoms with Crippen LogP contribution in [0.5, 0.6) is 0 Å². The van der Waals surface area contributed by atoms with Gasteiger partial charge in [-0.15, -0.1) is 0 Å². The van der Waals surface area contributed by atoms with Crippen LogP contribution in [0.1, 0.15) is 22.3 Å². The molecule has 25 heavy (non-hydrogen) atoms. The molecule has 0 aliphatic carbocycles. The number of rotatable bonds is 4. The molecule has 0 saturated carbocycles. The van der Waals surface area contributed by atoms with Gasteiger partial charge in [0, 0.05) is 27.3 Å². The summed E-state index contributed by atoms with van der Waals surface area (Å²) in [4.78, 5) is 1.62. The van der Waals surface area contributed by atoms with Crippen LogP contribution in [0.2, 0.25) is 0 Å². The lowest BCUT2D eigenvalue weighted by Gasteiger charge is -2.14. The molecule has 0 saturated heterocycles. The van der Waals surface area contributed by atoms with Crippen molar-refractivity contribution in [2.45, 2.75) is 18.7 Å². The molecule has 0 spiro atoms. The van der Waals surface area contributed by atoms with Crippen molar-refractivity contribution in [3.05, 3.63) is 99.5 Å². The first-order valence-corrected chi connectivity index (χ1v) is 10.00. The summed E-state index contributed by atoms with van der Waals surface area (Å²) in [5.41, 5.74) is 4.38. The van der Waals surface area contributed by atoms with Gasteiger partial charge >= 0.3 is 0 Å². The molecule has 0 aliphatic heterocycles. The van der Waals surface area contributed by atoms with Gasteiger partial charge in [0.1, 0.15) is 0 Å². The van der Waals surface area contributed by atoms with Crippen LogP contribution in [0.25, 0.3) is 11.0 Å². The van der Waals surface area contributed by atoms with Gasteiger partial charge in [-0.3, -0.25) is 0 Å². The number of benzene rings is 3. The highest BCUT2D eigenvalue weighted by Crippen LogP contribution is 2.31. The van der Waals surface area contributed by atoms with Gasteiger partial charge in [0.15, 0.2) is 9.80 Å². The fraction of sp³-hybridized carbons (Fsp3) is 0.0909. The standard InChI is InChI=1S/C22H19BrOS/c1-16-3-7-18(8-4-16)15-22(19-9-11-20(23)12-10-19)25(24)21-13-5-17(2)6-14-21/h3-15H,1-2H3/b22-15+. The highest BCUT2D eigenvalue weighted by molar-refractivity contribution is 9.10. The Morgan fingerprint density at radius 3 is 1.88 bits per heavy atom. The summed E-state index contributed by atoms with van der Waals surface area (Å²) in [6, 6.07) is 24.1. The van der Waals surface area contributed by atoms with Gasteiger partial charge < -0.3 is 4.55 Å². The zero-order chi connectivity index (χ0) is 17.8. The average molecular weight is 411 g/mol. The van der Waals surface area contributed by atoms with Crippen molar-refractivity contribution in [3.63, 3.8) is 0 Å². The quantitative estimate of drug-likeness (QED) is 0.361. The van der Waals surface area contributed by atoms with Crippen molar-refractivity contribution in [3.8, 4) is 0 Å². The highest BCUT2D eigenvalue weighted by atomic mass is 79.9. The van der Waals surface area contributed by atoms with E-state index in [1.807, 2.05) is 61.5 Å². The fourth-order valence-electron chi connectivity index (χ4n) is 2.46. The maximum absolute atomic E-state index is 13.2. The summed E-state index contributed by atoms with van der Waals surface area (Å²) < 4.78 is 14.3. The molecule has 0 aromatic heterocycles. The number of hydrogen-bond acceptors (Lipinski definition) is 1. The summed E-state index contributed by atoms with van der Waals surface area (Å²) >= 11 is 2.22. The molecule has 0 N–H and O–H groups in total. The molecular weight excluding hydrogens is 392 g/mol. The maximum atomic E-state index is 13.2. The zero-order valence-corrected chi connectivity index (χ0v) is 16.6. The molecule has 0 radical (unpaired) electrons. The second-order valence-corrected chi connectivity index (χ2v) is 8.37. The summed E-state index contributed by atoms with van der Waals surface area (Å²) in [5.74, 6) is 0. The Kier molecular flexibility index (Phi) is 5.79. The minimum Gasteiger partial charge on any atom is -0.606 e. The third-order valence-corrected chi connectivity index (χ3v) is 5.92. The lowest BCUT2D eigenvalue weighted by Crippen LogP contribution is -2.04. The first-order valence-electron chi connectivity index (χ1n) is 8.06. The zero-order valence-electron chi connectivity index (χ0n) is 14.2. The van der Waals surface area contributed by atoms with E-state index in [1.165, 1.54) is 5.56 Å². The molecule has 0 fully saturated rings. The summed E-state index contributed by atoms with van der Waals surface area (Å²) in [5, 5.41) is 0. The van der Waals surface area contributed by atoms with Gasteiger partial charge in [0.2, 0.25) is 0 Å². The van der Waals surface area contributed by atoms with E-state index < -0.39 is 11.2 Å². The average Bonchev–Trinajstić information content (AvgIpc) is 2.62. The van der Waals surface area contributed by atoms with Crippen molar-refractivity contribution < 1.29 is 4.55 Å². The van der Waals surface area contributed by atoms with Gasteiger partial charge in [-0.2, -0.15) is 0 Å². The lowest BCUT2D eigenvalue weighted by atomic mass is 10.1. The van der Waals surface area contributed by atoms with E-state index in [4.69, 9.17) is 0 Å². The van der Waals surface area contributed by atoms with E-state index in [0.717, 1.165) is 31.0 Å². The number of aryl methyl sites for hydroxylation is 2. The topological polar surface area (TPSA) is 23.1 Å². The van der Waals surface area contributed by atoms with E-state index in [0.29, 0.717) is 0 Å². The predicted molar refractivity (Wildman–Crippen MR) is 111 cm³/mol. The van der Waals surface area contributed by atoms with Crippen LogP contribution in [0.15, 0.2) is 82.2 Å². The van der Waals surface area contributed by atoms with Gasteiger partial charge in [0.05, 0.1) is 0 Å². The Morgan fingerprint density at radius 2 is 1.32 bits per heavy atom. The maximum Gasteiger partial charge on any atom is 0.166 e. The number of halogens is 1. The second-order valence-electron chi connectivity index (χ2n) is 6.01. The van der Waals surface area contributed by atoms with Crippen molar-refractivity contribution in [2.75, 3.05) is 0 Å². The third kappa shape index (κ3) is 4.63. The smallest absolute Gasteiger partial charge is 0.166 e. The Bertz CT molecular complexity index is 865. The normalized spacial score (nSPS) is 12.9. The SMILES string of the molecule is Cc1ccc(/C=C(\c2ccc(Br)cc2)[S+]([O-])c2ccc(C)cc2)cc1. The molecule has 1 atom stereocenters. The molecule has 1 unspecified atom stereocenters. The molecule has 0 heterocycles. The largest absolute Gasteiger partial charge is 0.606 e. The van der Waals surface area contributed by atoms with E-state index in [1.54, 1.807) is 0 Å². The van der Waals surface area contributed by atoms with Crippen LogP contribution in [-0.4, -0.2) is 4.55 Å². The van der Waals surface area contributed by atoms with E-state index in [9.17, 15) is 4.55 Å². The fourth-order valence-corrected chi connectivity index (χ4v) is 3.96. The van der Waals surface area contributed by atoms with Gasteiger partial charge in [-0.1, -0.05) is 63.5 Å². The van der Waals surface area contributed by atoms with Crippen LogP contribution in [0.4, 0.5) is 0 Å². The molecule has 126 valence electrons. The van der Waals surface area contributed by atoms with E-state index in [-0.39, 0.29) is 0 Å². The molecule has 3 aromatic carbocycles. The first-order chi connectivity index (χ1) is 12.0. The second kappa shape index (κ2) is 8.05. The summed E-state index contributed by atoms with van der Waals surface area (Å²) in [6.07, 6.45) is 2.01. The summed E-state index contributed by atoms with van der Waals surface area (Å²) in [6.45, 7) is 4.10. The van der Waals surface area contributed by atoms with Crippen LogP contribution in [-0.2, 0) is 11.2 Å². The molecular formula is C22H19BrOS. The lowest BCUT2D eigenvalue weighted by molar-refractivity contribution is 0.605. The van der Waals surface area contributed by atoms with E-state index >= 15 is 0 Å². The molecule has 0 amide bonds. The minimum absolute atomic E-state index is 0.806. The van der Waals surface area contributed by atoms with Crippen LogP contribution >= 0.6 is 15.9 Å². The molecule has 0 aliphatic rings. The van der Waals surface area contributed by atoms with Crippen LogP contribution in [0.3, 0.4) is 0 Å². The molecule has 3 rings (SSSR count).